The molecule has 0 atom stereocenters. The summed E-state index contributed by atoms with van der Waals surface area (Å²) in [6.07, 6.45) is 0. The molecule has 0 amide bonds. The molecule has 0 saturated heterocycles. The number of aryl methyl sites for hydroxylation is 3. The summed E-state index contributed by atoms with van der Waals surface area (Å²) in [7, 11) is 0. The fraction of sp³-hybridized carbons (Fsp3) is 0.100. The molecule has 1 heterocycles. The number of aromatic nitrogens is 3. The summed E-state index contributed by atoms with van der Waals surface area (Å²) in [5, 5.41) is 0. The molecular weight excluding hydrogens is 402 g/mol. The molecule has 0 bridgehead atoms. The molecule has 4 aromatic carbocycles. The van der Waals surface area contributed by atoms with Crippen LogP contribution in [0, 0.1) is 20.8 Å². The van der Waals surface area contributed by atoms with Crippen molar-refractivity contribution >= 4 is 0 Å². The SMILES string of the molecule is Cc1cccc(-c2ccc(-c3nc(-c4cccc(C)c4)nc(-c4cccc(C)c4)n3)cc2)c1. The highest BCUT2D eigenvalue weighted by atomic mass is 15.0. The first-order valence-electron chi connectivity index (χ1n) is 11.1. The van der Waals surface area contributed by atoms with Crippen molar-refractivity contribution in [2.24, 2.45) is 0 Å². The van der Waals surface area contributed by atoms with Crippen LogP contribution in [0.4, 0.5) is 0 Å². The highest BCUT2D eigenvalue weighted by Gasteiger charge is 2.13. The lowest BCUT2D eigenvalue weighted by atomic mass is 10.0. The van der Waals surface area contributed by atoms with Crippen molar-refractivity contribution in [3.63, 3.8) is 0 Å². The van der Waals surface area contributed by atoms with Crippen LogP contribution < -0.4 is 0 Å². The standard InChI is InChI=1S/C30H25N3/c1-20-7-4-10-25(17-20)23-13-15-24(16-14-23)28-31-29(26-11-5-8-21(2)18-26)33-30(32-28)27-12-6-9-22(3)19-27/h4-19H,1-3H3. The van der Waals surface area contributed by atoms with Gasteiger partial charge in [0.25, 0.3) is 0 Å². The monoisotopic (exact) mass is 427 g/mol. The van der Waals surface area contributed by atoms with E-state index in [-0.39, 0.29) is 0 Å². The Hall–Kier alpha value is -4.11. The van der Waals surface area contributed by atoms with E-state index in [4.69, 9.17) is 15.0 Å². The molecule has 0 fully saturated rings. The van der Waals surface area contributed by atoms with Crippen molar-refractivity contribution in [3.8, 4) is 45.3 Å². The first-order valence-corrected chi connectivity index (χ1v) is 11.1. The van der Waals surface area contributed by atoms with Crippen LogP contribution in [-0.2, 0) is 0 Å². The first-order chi connectivity index (χ1) is 16.0. The van der Waals surface area contributed by atoms with E-state index in [1.54, 1.807) is 0 Å². The van der Waals surface area contributed by atoms with Crippen LogP contribution in [0.5, 0.6) is 0 Å². The molecule has 0 N–H and O–H groups in total. The molecule has 3 nitrogen and oxygen atoms in total. The third-order valence-electron chi connectivity index (χ3n) is 5.68. The number of hydrogen-bond donors (Lipinski definition) is 0. The second-order valence-electron chi connectivity index (χ2n) is 8.49. The molecule has 1 aromatic heterocycles. The molecule has 0 aliphatic heterocycles. The van der Waals surface area contributed by atoms with E-state index in [0.717, 1.165) is 16.7 Å². The number of nitrogens with zero attached hydrogens (tertiary/aromatic N) is 3. The van der Waals surface area contributed by atoms with E-state index in [9.17, 15) is 0 Å². The summed E-state index contributed by atoms with van der Waals surface area (Å²) in [6, 6.07) is 33.5. The topological polar surface area (TPSA) is 38.7 Å². The minimum absolute atomic E-state index is 0.675. The Morgan fingerprint density at radius 2 is 0.727 bits per heavy atom. The minimum atomic E-state index is 0.675. The molecular formula is C30H25N3. The van der Waals surface area contributed by atoms with Gasteiger partial charge in [0, 0.05) is 16.7 Å². The largest absolute Gasteiger partial charge is 0.208 e. The maximum absolute atomic E-state index is 4.86. The van der Waals surface area contributed by atoms with Gasteiger partial charge in [-0.15, -0.1) is 0 Å². The second kappa shape index (κ2) is 8.79. The Morgan fingerprint density at radius 3 is 1.18 bits per heavy atom. The maximum atomic E-state index is 4.86. The minimum Gasteiger partial charge on any atom is -0.208 e. The van der Waals surface area contributed by atoms with Crippen molar-refractivity contribution in [2.45, 2.75) is 20.8 Å². The van der Waals surface area contributed by atoms with Crippen LogP contribution in [0.25, 0.3) is 45.3 Å². The van der Waals surface area contributed by atoms with Gasteiger partial charge in [-0.1, -0.05) is 102 Å². The highest BCUT2D eigenvalue weighted by Crippen LogP contribution is 2.27. The maximum Gasteiger partial charge on any atom is 0.164 e. The zero-order chi connectivity index (χ0) is 22.8. The van der Waals surface area contributed by atoms with Gasteiger partial charge < -0.3 is 0 Å². The summed E-state index contributed by atoms with van der Waals surface area (Å²) in [6.45, 7) is 6.27. The van der Waals surface area contributed by atoms with E-state index in [1.165, 1.54) is 27.8 Å². The average molecular weight is 428 g/mol. The summed E-state index contributed by atoms with van der Waals surface area (Å²) in [5.41, 5.74) is 8.93. The van der Waals surface area contributed by atoms with Crippen molar-refractivity contribution < 1.29 is 0 Å². The Morgan fingerprint density at radius 1 is 0.364 bits per heavy atom. The molecule has 0 aliphatic rings. The van der Waals surface area contributed by atoms with Gasteiger partial charge in [-0.25, -0.2) is 15.0 Å². The van der Waals surface area contributed by atoms with Gasteiger partial charge in [0.15, 0.2) is 17.5 Å². The number of rotatable bonds is 4. The molecule has 0 unspecified atom stereocenters. The van der Waals surface area contributed by atoms with Crippen molar-refractivity contribution in [1.29, 1.82) is 0 Å². The molecule has 5 aromatic rings. The fourth-order valence-electron chi connectivity index (χ4n) is 3.97. The van der Waals surface area contributed by atoms with Crippen LogP contribution in [-0.4, -0.2) is 15.0 Å². The Balaban J connectivity index is 1.62. The van der Waals surface area contributed by atoms with E-state index in [1.807, 2.05) is 24.3 Å². The lowest BCUT2D eigenvalue weighted by Crippen LogP contribution is -2.00. The molecule has 3 heteroatoms. The van der Waals surface area contributed by atoms with Gasteiger partial charge in [0.1, 0.15) is 0 Å². The van der Waals surface area contributed by atoms with E-state index < -0.39 is 0 Å². The molecule has 0 saturated carbocycles. The number of benzene rings is 4. The summed E-state index contributed by atoms with van der Waals surface area (Å²) in [4.78, 5) is 14.5. The lowest BCUT2D eigenvalue weighted by molar-refractivity contribution is 1.07. The molecule has 0 radical (unpaired) electrons. The molecule has 5 rings (SSSR count). The fourth-order valence-corrected chi connectivity index (χ4v) is 3.97. The van der Waals surface area contributed by atoms with Crippen LogP contribution in [0.2, 0.25) is 0 Å². The van der Waals surface area contributed by atoms with Gasteiger partial charge in [-0.05, 0) is 44.0 Å². The van der Waals surface area contributed by atoms with E-state index in [0.29, 0.717) is 17.5 Å². The normalized spacial score (nSPS) is 10.9. The zero-order valence-electron chi connectivity index (χ0n) is 19.1. The third kappa shape index (κ3) is 4.58. The summed E-state index contributed by atoms with van der Waals surface area (Å²) >= 11 is 0. The second-order valence-corrected chi connectivity index (χ2v) is 8.49. The highest BCUT2D eigenvalue weighted by molar-refractivity contribution is 5.70. The first kappa shape index (κ1) is 20.8. The Bertz CT molecular complexity index is 1370. The predicted molar refractivity (Wildman–Crippen MR) is 136 cm³/mol. The molecule has 33 heavy (non-hydrogen) atoms. The number of hydrogen-bond acceptors (Lipinski definition) is 3. The Kier molecular flexibility index (Phi) is 5.54. The third-order valence-corrected chi connectivity index (χ3v) is 5.68. The predicted octanol–water partition coefficient (Wildman–Crippen LogP) is 7.46. The molecule has 0 spiro atoms. The van der Waals surface area contributed by atoms with Gasteiger partial charge in [0.2, 0.25) is 0 Å². The van der Waals surface area contributed by atoms with Gasteiger partial charge in [-0.3, -0.25) is 0 Å². The van der Waals surface area contributed by atoms with Crippen LogP contribution in [0.15, 0.2) is 97.1 Å². The lowest BCUT2D eigenvalue weighted by Gasteiger charge is -2.10. The molecule has 0 aliphatic carbocycles. The van der Waals surface area contributed by atoms with Crippen LogP contribution >= 0.6 is 0 Å². The van der Waals surface area contributed by atoms with Crippen LogP contribution in [0.1, 0.15) is 16.7 Å². The summed E-state index contributed by atoms with van der Waals surface area (Å²) < 4.78 is 0. The summed E-state index contributed by atoms with van der Waals surface area (Å²) in [5.74, 6) is 2.04. The van der Waals surface area contributed by atoms with Crippen LogP contribution in [0.3, 0.4) is 0 Å². The Labute approximate surface area is 194 Å². The van der Waals surface area contributed by atoms with Gasteiger partial charge >= 0.3 is 0 Å². The quantitative estimate of drug-likeness (QED) is 0.299. The molecule has 160 valence electrons. The smallest absolute Gasteiger partial charge is 0.164 e. The van der Waals surface area contributed by atoms with Crippen molar-refractivity contribution in [3.05, 3.63) is 114 Å². The van der Waals surface area contributed by atoms with Gasteiger partial charge in [-0.2, -0.15) is 0 Å². The van der Waals surface area contributed by atoms with E-state index in [2.05, 4.69) is 93.6 Å². The van der Waals surface area contributed by atoms with Crippen molar-refractivity contribution in [1.82, 2.24) is 15.0 Å². The van der Waals surface area contributed by atoms with E-state index >= 15 is 0 Å². The average Bonchev–Trinajstić information content (AvgIpc) is 2.84. The van der Waals surface area contributed by atoms with Gasteiger partial charge in [0.05, 0.1) is 0 Å². The zero-order valence-corrected chi connectivity index (χ0v) is 19.1. The van der Waals surface area contributed by atoms with Crippen molar-refractivity contribution in [2.75, 3.05) is 0 Å².